The van der Waals surface area contributed by atoms with Gasteiger partial charge in [-0.15, -0.1) is 0 Å². The van der Waals surface area contributed by atoms with Crippen LogP contribution in [0, 0.1) is 5.92 Å². The number of benzene rings is 2. The Labute approximate surface area is 149 Å². The Morgan fingerprint density at radius 1 is 1.00 bits per heavy atom. The minimum Gasteiger partial charge on any atom is -0.355 e. The minimum atomic E-state index is -3.49. The molecule has 3 rings (SSSR count). The summed E-state index contributed by atoms with van der Waals surface area (Å²) >= 11 is 0. The molecule has 1 saturated carbocycles. The quantitative estimate of drug-likeness (QED) is 0.859. The molecule has 2 aromatic carbocycles. The van der Waals surface area contributed by atoms with Crippen LogP contribution in [0.2, 0.25) is 0 Å². The first kappa shape index (κ1) is 17.9. The van der Waals surface area contributed by atoms with Gasteiger partial charge in [0.25, 0.3) is 0 Å². The number of nitrogens with one attached hydrogen (secondary N) is 1. The number of fused-ring (bicyclic) bond motifs is 1. The molecule has 0 spiro atoms. The van der Waals surface area contributed by atoms with Gasteiger partial charge in [0.1, 0.15) is 5.75 Å². The third kappa shape index (κ3) is 5.05. The Hall–Kier alpha value is -1.88. The van der Waals surface area contributed by atoms with Crippen LogP contribution in [0.1, 0.15) is 37.7 Å². The molecule has 0 radical (unpaired) electrons. The van der Waals surface area contributed by atoms with Crippen molar-refractivity contribution in [3.05, 3.63) is 48.0 Å². The Balaban J connectivity index is 1.60. The van der Waals surface area contributed by atoms with Gasteiger partial charge >= 0.3 is 0 Å². The van der Waals surface area contributed by atoms with Crippen LogP contribution in [0.5, 0.6) is 0 Å². The maximum absolute atomic E-state index is 12.4. The van der Waals surface area contributed by atoms with Crippen LogP contribution in [-0.4, -0.2) is 26.6 Å². The highest BCUT2D eigenvalue weighted by atomic mass is 32.2. The third-order valence-electron chi connectivity index (χ3n) is 4.92. The van der Waals surface area contributed by atoms with Crippen molar-refractivity contribution in [3.63, 3.8) is 0 Å². The van der Waals surface area contributed by atoms with Crippen LogP contribution >= 0.6 is 0 Å². The molecule has 0 aromatic heterocycles. The Bertz CT molecular complexity index is 834. The van der Waals surface area contributed by atoms with Crippen molar-refractivity contribution in [1.82, 2.24) is 5.32 Å². The molecule has 1 fully saturated rings. The van der Waals surface area contributed by atoms with E-state index in [1.165, 1.54) is 19.3 Å². The van der Waals surface area contributed by atoms with Crippen LogP contribution in [0.3, 0.4) is 0 Å². The van der Waals surface area contributed by atoms with E-state index in [2.05, 4.69) is 5.32 Å². The lowest BCUT2D eigenvalue weighted by molar-refractivity contribution is -0.118. The molecule has 0 unspecified atom stereocenters. The molecule has 0 atom stereocenters. The first-order chi connectivity index (χ1) is 12.0. The van der Waals surface area contributed by atoms with Gasteiger partial charge in [0.05, 0.1) is 5.75 Å². The second-order valence-electron chi connectivity index (χ2n) is 6.98. The predicted molar refractivity (Wildman–Crippen MR) is 101 cm³/mol. The van der Waals surface area contributed by atoms with Gasteiger partial charge in [-0.1, -0.05) is 61.7 Å². The first-order valence-corrected chi connectivity index (χ1v) is 10.8. The zero-order valence-corrected chi connectivity index (χ0v) is 15.2. The van der Waals surface area contributed by atoms with Crippen LogP contribution in [0.25, 0.3) is 10.8 Å². The van der Waals surface area contributed by atoms with Gasteiger partial charge in [-0.2, -0.15) is 0 Å². The minimum absolute atomic E-state index is 0.106. The number of carbonyl (C=O) groups is 1. The topological polar surface area (TPSA) is 63.2 Å². The fourth-order valence-electron chi connectivity index (χ4n) is 3.61. The lowest BCUT2D eigenvalue weighted by Crippen LogP contribution is -2.34. The Kier molecular flexibility index (Phi) is 5.74. The summed E-state index contributed by atoms with van der Waals surface area (Å²) < 4.78 is 24.9. The van der Waals surface area contributed by atoms with E-state index in [0.717, 1.165) is 29.2 Å². The Morgan fingerprint density at radius 2 is 1.72 bits per heavy atom. The average molecular weight is 359 g/mol. The van der Waals surface area contributed by atoms with E-state index in [-0.39, 0.29) is 11.7 Å². The molecule has 4 nitrogen and oxygen atoms in total. The van der Waals surface area contributed by atoms with Gasteiger partial charge in [-0.05, 0) is 35.1 Å². The molecular formula is C20H25NO3S. The first-order valence-electron chi connectivity index (χ1n) is 8.97. The molecule has 1 N–H and O–H groups in total. The molecule has 1 aliphatic carbocycles. The van der Waals surface area contributed by atoms with Crippen molar-refractivity contribution in [1.29, 1.82) is 0 Å². The second-order valence-corrected chi connectivity index (χ2v) is 9.04. The number of carbonyl (C=O) groups excluding carboxylic acids is 1. The zero-order valence-electron chi connectivity index (χ0n) is 14.4. The number of sulfone groups is 1. The van der Waals surface area contributed by atoms with E-state index in [9.17, 15) is 13.2 Å². The van der Waals surface area contributed by atoms with Crippen LogP contribution in [-0.2, 0) is 20.4 Å². The van der Waals surface area contributed by atoms with Gasteiger partial charge in [0, 0.05) is 6.54 Å². The van der Waals surface area contributed by atoms with Gasteiger partial charge in [0.2, 0.25) is 5.91 Å². The Morgan fingerprint density at radius 3 is 2.52 bits per heavy atom. The van der Waals surface area contributed by atoms with Crippen molar-refractivity contribution >= 4 is 26.5 Å². The summed E-state index contributed by atoms with van der Waals surface area (Å²) in [6.07, 6.45) is 5.94. The van der Waals surface area contributed by atoms with E-state index < -0.39 is 15.6 Å². The average Bonchev–Trinajstić information content (AvgIpc) is 2.60. The van der Waals surface area contributed by atoms with E-state index in [1.54, 1.807) is 0 Å². The standard InChI is InChI=1S/C20H25NO3S/c22-20(21-13-16-7-2-1-3-8-16)15-25(23,24)14-18-11-6-10-17-9-4-5-12-19(17)18/h4-6,9-12,16H,1-3,7-8,13-15H2,(H,21,22). The molecule has 2 aromatic rings. The molecule has 5 heteroatoms. The SMILES string of the molecule is O=C(CS(=O)(=O)Cc1cccc2ccccc12)NCC1CCCCC1. The monoisotopic (exact) mass is 359 g/mol. The number of rotatable bonds is 6. The van der Waals surface area contributed by atoms with Crippen molar-refractivity contribution in [2.75, 3.05) is 12.3 Å². The molecule has 25 heavy (non-hydrogen) atoms. The van der Waals surface area contributed by atoms with Crippen molar-refractivity contribution < 1.29 is 13.2 Å². The van der Waals surface area contributed by atoms with E-state index >= 15 is 0 Å². The highest BCUT2D eigenvalue weighted by Crippen LogP contribution is 2.23. The normalized spacial score (nSPS) is 16.0. The lowest BCUT2D eigenvalue weighted by atomic mass is 9.89. The summed E-state index contributed by atoms with van der Waals surface area (Å²) in [6.45, 7) is 0.600. The summed E-state index contributed by atoms with van der Waals surface area (Å²) in [7, 11) is -3.49. The fraction of sp³-hybridized carbons (Fsp3) is 0.450. The highest BCUT2D eigenvalue weighted by Gasteiger charge is 2.20. The molecule has 1 aliphatic rings. The van der Waals surface area contributed by atoms with Crippen LogP contribution in [0.15, 0.2) is 42.5 Å². The molecular weight excluding hydrogens is 334 g/mol. The maximum atomic E-state index is 12.4. The predicted octanol–water partition coefficient (Wildman–Crippen LogP) is 3.45. The van der Waals surface area contributed by atoms with Crippen molar-refractivity contribution in [2.45, 2.75) is 37.9 Å². The summed E-state index contributed by atoms with van der Waals surface area (Å²) in [5, 5.41) is 4.75. The highest BCUT2D eigenvalue weighted by molar-refractivity contribution is 7.91. The summed E-state index contributed by atoms with van der Waals surface area (Å²) in [5.41, 5.74) is 0.748. The summed E-state index contributed by atoms with van der Waals surface area (Å²) in [5.74, 6) is -0.432. The molecule has 0 aliphatic heterocycles. The molecule has 134 valence electrons. The summed E-state index contributed by atoms with van der Waals surface area (Å²) in [4.78, 5) is 12.1. The maximum Gasteiger partial charge on any atom is 0.235 e. The molecule has 0 bridgehead atoms. The van der Waals surface area contributed by atoms with Gasteiger partial charge in [0.15, 0.2) is 9.84 Å². The number of amides is 1. The van der Waals surface area contributed by atoms with E-state index in [0.29, 0.717) is 12.5 Å². The number of hydrogen-bond acceptors (Lipinski definition) is 3. The second kappa shape index (κ2) is 8.00. The zero-order chi connectivity index (χ0) is 17.7. The molecule has 0 saturated heterocycles. The van der Waals surface area contributed by atoms with E-state index in [1.807, 2.05) is 42.5 Å². The smallest absolute Gasteiger partial charge is 0.235 e. The number of hydrogen-bond donors (Lipinski definition) is 1. The van der Waals surface area contributed by atoms with Crippen LogP contribution in [0.4, 0.5) is 0 Å². The fourth-order valence-corrected chi connectivity index (χ4v) is 4.94. The van der Waals surface area contributed by atoms with E-state index in [4.69, 9.17) is 0 Å². The summed E-state index contributed by atoms with van der Waals surface area (Å²) in [6, 6.07) is 13.3. The lowest BCUT2D eigenvalue weighted by Gasteiger charge is -2.21. The van der Waals surface area contributed by atoms with Gasteiger partial charge < -0.3 is 5.32 Å². The van der Waals surface area contributed by atoms with Crippen molar-refractivity contribution in [3.8, 4) is 0 Å². The van der Waals surface area contributed by atoms with Gasteiger partial charge in [-0.3, -0.25) is 4.79 Å². The molecule has 1 amide bonds. The third-order valence-corrected chi connectivity index (χ3v) is 6.37. The molecule has 0 heterocycles. The largest absolute Gasteiger partial charge is 0.355 e. The van der Waals surface area contributed by atoms with Crippen molar-refractivity contribution in [2.24, 2.45) is 5.92 Å². The van der Waals surface area contributed by atoms with Gasteiger partial charge in [-0.25, -0.2) is 8.42 Å². The van der Waals surface area contributed by atoms with Crippen LogP contribution < -0.4 is 5.32 Å².